The van der Waals surface area contributed by atoms with Crippen LogP contribution in [-0.4, -0.2) is 67.7 Å². The number of fused-ring (bicyclic) bond motifs is 1. The number of nitrogens with two attached hydrogens (primary N) is 1. The molecule has 0 aromatic heterocycles. The minimum atomic E-state index is 0.170. The summed E-state index contributed by atoms with van der Waals surface area (Å²) in [4.78, 5) is 16.0. The quantitative estimate of drug-likeness (QED) is 0.475. The van der Waals surface area contributed by atoms with E-state index in [0.717, 1.165) is 44.4 Å². The van der Waals surface area contributed by atoms with Crippen LogP contribution in [0, 0.1) is 35.5 Å². The van der Waals surface area contributed by atoms with Gasteiger partial charge in [-0.15, -0.1) is 0 Å². The van der Waals surface area contributed by atoms with Crippen molar-refractivity contribution in [3.8, 4) is 0 Å². The van der Waals surface area contributed by atoms with Gasteiger partial charge in [0.15, 0.2) is 0 Å². The van der Waals surface area contributed by atoms with Crippen molar-refractivity contribution in [3.63, 3.8) is 0 Å². The molecule has 0 aromatic carbocycles. The highest BCUT2D eigenvalue weighted by molar-refractivity contribution is 5.79. The number of hydrogen-bond donors (Lipinski definition) is 3. The Bertz CT molecular complexity index is 636. The molecule has 1 amide bonds. The number of carbonyl (C=O) groups is 1. The van der Waals surface area contributed by atoms with Crippen molar-refractivity contribution in [1.29, 1.82) is 0 Å². The van der Waals surface area contributed by atoms with Crippen molar-refractivity contribution in [2.24, 2.45) is 41.2 Å². The Kier molecular flexibility index (Phi) is 9.71. The van der Waals surface area contributed by atoms with E-state index in [2.05, 4.69) is 41.5 Å². The standard InChI is InChI=1S/C28H53N5O/c1-20(2)33-27-16-24(23-11-7-10-22(14-23)19-32(3)13-12-29)15-25(26(27)18-31-33)28(34)30-17-21-8-5-4-6-9-21/h20-27,31H,4-19,29H2,1-3H3,(H,30,34). The summed E-state index contributed by atoms with van der Waals surface area (Å²) in [5, 5.41) is 5.94. The third-order valence-corrected chi connectivity index (χ3v) is 9.73. The van der Waals surface area contributed by atoms with E-state index in [1.807, 2.05) is 0 Å². The van der Waals surface area contributed by atoms with Crippen LogP contribution >= 0.6 is 0 Å². The van der Waals surface area contributed by atoms with Gasteiger partial charge in [0.05, 0.1) is 0 Å². The number of hydrogen-bond acceptors (Lipinski definition) is 5. The highest BCUT2D eigenvalue weighted by Crippen LogP contribution is 2.46. The van der Waals surface area contributed by atoms with Gasteiger partial charge < -0.3 is 16.0 Å². The first kappa shape index (κ1) is 26.4. The molecule has 6 nitrogen and oxygen atoms in total. The molecule has 1 heterocycles. The predicted molar refractivity (Wildman–Crippen MR) is 140 cm³/mol. The molecule has 3 saturated carbocycles. The Hall–Kier alpha value is -0.690. The van der Waals surface area contributed by atoms with E-state index in [1.165, 1.54) is 70.8 Å². The minimum absolute atomic E-state index is 0.170. The molecule has 4 fully saturated rings. The topological polar surface area (TPSA) is 73.6 Å². The summed E-state index contributed by atoms with van der Waals surface area (Å²) in [6, 6.07) is 0.980. The monoisotopic (exact) mass is 475 g/mol. The molecule has 4 N–H and O–H groups in total. The largest absolute Gasteiger partial charge is 0.356 e. The van der Waals surface area contributed by atoms with Crippen molar-refractivity contribution in [3.05, 3.63) is 0 Å². The Morgan fingerprint density at radius 1 is 1.03 bits per heavy atom. The summed E-state index contributed by atoms with van der Waals surface area (Å²) in [5.41, 5.74) is 9.49. The zero-order valence-corrected chi connectivity index (χ0v) is 22.3. The molecule has 3 aliphatic carbocycles. The van der Waals surface area contributed by atoms with E-state index < -0.39 is 0 Å². The highest BCUT2D eigenvalue weighted by atomic mass is 16.1. The first-order valence-electron chi connectivity index (χ1n) is 14.6. The lowest BCUT2D eigenvalue weighted by atomic mass is 9.63. The molecule has 4 aliphatic rings. The second-order valence-corrected chi connectivity index (χ2v) is 12.5. The second kappa shape index (κ2) is 12.5. The van der Waals surface area contributed by atoms with Crippen LogP contribution < -0.4 is 16.5 Å². The van der Waals surface area contributed by atoms with E-state index in [1.54, 1.807) is 0 Å². The second-order valence-electron chi connectivity index (χ2n) is 12.5. The smallest absolute Gasteiger partial charge is 0.223 e. The first-order chi connectivity index (χ1) is 16.5. The van der Waals surface area contributed by atoms with Gasteiger partial charge in [-0.3, -0.25) is 10.2 Å². The van der Waals surface area contributed by atoms with Crippen LogP contribution in [0.2, 0.25) is 0 Å². The molecular formula is C28H53N5O. The molecular weight excluding hydrogens is 422 g/mol. The summed E-state index contributed by atoms with van der Waals surface area (Å²) in [7, 11) is 2.22. The maximum absolute atomic E-state index is 13.6. The fraction of sp³-hybridized carbons (Fsp3) is 0.964. The Labute approximate surface area is 209 Å². The van der Waals surface area contributed by atoms with E-state index in [-0.39, 0.29) is 5.92 Å². The third-order valence-electron chi connectivity index (χ3n) is 9.73. The Morgan fingerprint density at radius 2 is 1.79 bits per heavy atom. The molecule has 196 valence electrons. The van der Waals surface area contributed by atoms with Crippen LogP contribution in [0.4, 0.5) is 0 Å². The zero-order chi connectivity index (χ0) is 24.1. The molecule has 34 heavy (non-hydrogen) atoms. The molecule has 0 spiro atoms. The number of carbonyl (C=O) groups excluding carboxylic acids is 1. The number of amides is 1. The molecule has 0 aromatic rings. The average Bonchev–Trinajstić information content (AvgIpc) is 3.27. The van der Waals surface area contributed by atoms with Gasteiger partial charge in [0.2, 0.25) is 5.91 Å². The molecule has 6 atom stereocenters. The lowest BCUT2D eigenvalue weighted by Gasteiger charge is -2.45. The molecule has 1 aliphatic heterocycles. The van der Waals surface area contributed by atoms with Crippen molar-refractivity contribution in [1.82, 2.24) is 20.7 Å². The van der Waals surface area contributed by atoms with Crippen molar-refractivity contribution in [2.75, 3.05) is 39.8 Å². The number of hydrazine groups is 1. The predicted octanol–water partition coefficient (Wildman–Crippen LogP) is 3.62. The molecule has 6 unspecified atom stereocenters. The van der Waals surface area contributed by atoms with Gasteiger partial charge in [0, 0.05) is 56.6 Å². The molecule has 0 radical (unpaired) electrons. The third kappa shape index (κ3) is 6.54. The lowest BCUT2D eigenvalue weighted by molar-refractivity contribution is -0.130. The van der Waals surface area contributed by atoms with Crippen molar-refractivity contribution >= 4 is 5.91 Å². The number of nitrogens with one attached hydrogen (secondary N) is 2. The Balaban J connectivity index is 1.41. The van der Waals surface area contributed by atoms with Gasteiger partial charge in [-0.05, 0) is 83.1 Å². The van der Waals surface area contributed by atoms with Crippen LogP contribution in [0.1, 0.15) is 84.5 Å². The fourth-order valence-electron chi connectivity index (χ4n) is 7.97. The van der Waals surface area contributed by atoms with Gasteiger partial charge in [-0.25, -0.2) is 5.01 Å². The maximum Gasteiger partial charge on any atom is 0.223 e. The maximum atomic E-state index is 13.6. The average molecular weight is 476 g/mol. The normalized spacial score (nSPS) is 35.6. The summed E-state index contributed by atoms with van der Waals surface area (Å²) in [5.74, 6) is 3.92. The summed E-state index contributed by atoms with van der Waals surface area (Å²) < 4.78 is 0. The van der Waals surface area contributed by atoms with Gasteiger partial charge in [0.1, 0.15) is 0 Å². The van der Waals surface area contributed by atoms with Crippen LogP contribution in [-0.2, 0) is 4.79 Å². The summed E-state index contributed by atoms with van der Waals surface area (Å²) in [6.45, 7) is 9.37. The Morgan fingerprint density at radius 3 is 2.53 bits per heavy atom. The SMILES string of the molecule is CC(C)N1NCC2C(C(=O)NCC3CCCCC3)CC(C3CCCC(CN(C)CCN)C3)CC21. The summed E-state index contributed by atoms with van der Waals surface area (Å²) in [6.07, 6.45) is 14.4. The number of likely N-dealkylation sites (N-methyl/N-ethyl adjacent to an activating group) is 1. The molecule has 1 saturated heterocycles. The highest BCUT2D eigenvalue weighted by Gasteiger charge is 2.49. The molecule has 4 rings (SSSR count). The molecule has 0 bridgehead atoms. The van der Waals surface area contributed by atoms with Crippen LogP contribution in [0.3, 0.4) is 0 Å². The zero-order valence-electron chi connectivity index (χ0n) is 22.3. The van der Waals surface area contributed by atoms with Crippen molar-refractivity contribution < 1.29 is 4.79 Å². The van der Waals surface area contributed by atoms with Gasteiger partial charge in [-0.2, -0.15) is 0 Å². The van der Waals surface area contributed by atoms with Gasteiger partial charge in [0.25, 0.3) is 0 Å². The van der Waals surface area contributed by atoms with Gasteiger partial charge in [-0.1, -0.05) is 32.1 Å². The van der Waals surface area contributed by atoms with Gasteiger partial charge >= 0.3 is 0 Å². The molecule has 6 heteroatoms. The first-order valence-corrected chi connectivity index (χ1v) is 14.6. The number of rotatable bonds is 9. The van der Waals surface area contributed by atoms with E-state index in [9.17, 15) is 4.79 Å². The number of nitrogens with zero attached hydrogens (tertiary/aromatic N) is 2. The van der Waals surface area contributed by atoms with Crippen molar-refractivity contribution in [2.45, 2.75) is 96.6 Å². The van der Waals surface area contributed by atoms with E-state index >= 15 is 0 Å². The van der Waals surface area contributed by atoms with Crippen LogP contribution in [0.15, 0.2) is 0 Å². The van der Waals surface area contributed by atoms with Crippen LogP contribution in [0.25, 0.3) is 0 Å². The summed E-state index contributed by atoms with van der Waals surface area (Å²) >= 11 is 0. The fourth-order valence-corrected chi connectivity index (χ4v) is 7.97. The minimum Gasteiger partial charge on any atom is -0.356 e. The lowest BCUT2D eigenvalue weighted by Crippen LogP contribution is -2.51. The van der Waals surface area contributed by atoms with E-state index in [4.69, 9.17) is 5.73 Å². The van der Waals surface area contributed by atoms with E-state index in [0.29, 0.717) is 35.7 Å². The van der Waals surface area contributed by atoms with Crippen LogP contribution in [0.5, 0.6) is 0 Å².